The summed E-state index contributed by atoms with van der Waals surface area (Å²) in [6.45, 7) is 1.94. The Kier molecular flexibility index (Phi) is 4.49. The molecule has 1 heterocycles. The number of aryl methyl sites for hydroxylation is 1. The molecule has 4 nitrogen and oxygen atoms in total. The highest BCUT2D eigenvalue weighted by Gasteiger charge is 2.34. The summed E-state index contributed by atoms with van der Waals surface area (Å²) in [5, 5.41) is -0.327. The zero-order valence-electron chi connectivity index (χ0n) is 11.8. The fourth-order valence-electron chi connectivity index (χ4n) is 2.60. The third kappa shape index (κ3) is 3.04. The van der Waals surface area contributed by atoms with Crippen molar-refractivity contribution in [1.29, 1.82) is 0 Å². The minimum absolute atomic E-state index is 0.0431. The van der Waals surface area contributed by atoms with Crippen LogP contribution in [0, 0.1) is 12.8 Å². The monoisotopic (exact) mass is 318 g/mol. The van der Waals surface area contributed by atoms with Gasteiger partial charge in [0.15, 0.2) is 21.3 Å². The molecule has 2 atom stereocenters. The maximum absolute atomic E-state index is 11.6. The van der Waals surface area contributed by atoms with Gasteiger partial charge in [0, 0.05) is 0 Å². The van der Waals surface area contributed by atoms with Crippen LogP contribution in [0.25, 0.3) is 0 Å². The predicted molar refractivity (Wildman–Crippen MR) is 79.6 cm³/mol. The summed E-state index contributed by atoms with van der Waals surface area (Å²) >= 11 is 6.51. The fraction of sp³-hybridized carbons (Fsp3) is 0.571. The lowest BCUT2D eigenvalue weighted by molar-refractivity contribution is 0.354. The fourth-order valence-corrected chi connectivity index (χ4v) is 5.00. The molecule has 112 valence electrons. The van der Waals surface area contributed by atoms with E-state index >= 15 is 0 Å². The average Bonchev–Trinajstić information content (AvgIpc) is 2.78. The first-order chi connectivity index (χ1) is 9.38. The molecule has 0 aromatic heterocycles. The minimum atomic E-state index is -2.93. The molecule has 0 spiro atoms. The molecule has 1 aliphatic heterocycles. The third-order valence-corrected chi connectivity index (χ3v) is 6.14. The first-order valence-corrected chi connectivity index (χ1v) is 8.70. The summed E-state index contributed by atoms with van der Waals surface area (Å²) in [5.41, 5.74) is 1.89. The van der Waals surface area contributed by atoms with Crippen LogP contribution in [0.5, 0.6) is 11.5 Å². The Morgan fingerprint density at radius 3 is 2.35 bits per heavy atom. The van der Waals surface area contributed by atoms with E-state index in [2.05, 4.69) is 0 Å². The van der Waals surface area contributed by atoms with Gasteiger partial charge < -0.3 is 9.47 Å². The van der Waals surface area contributed by atoms with Gasteiger partial charge in [0.05, 0.1) is 31.1 Å². The molecule has 6 heteroatoms. The molecule has 1 aromatic carbocycles. The largest absolute Gasteiger partial charge is 0.493 e. The van der Waals surface area contributed by atoms with Gasteiger partial charge in [-0.1, -0.05) is 0 Å². The van der Waals surface area contributed by atoms with Crippen molar-refractivity contribution in [3.8, 4) is 11.5 Å². The van der Waals surface area contributed by atoms with Crippen molar-refractivity contribution in [3.63, 3.8) is 0 Å². The van der Waals surface area contributed by atoms with Crippen molar-refractivity contribution in [1.82, 2.24) is 0 Å². The molecular weight excluding hydrogens is 300 g/mol. The zero-order chi connectivity index (χ0) is 14.9. The van der Waals surface area contributed by atoms with Gasteiger partial charge in [-0.15, -0.1) is 11.6 Å². The Morgan fingerprint density at radius 1 is 1.25 bits per heavy atom. The van der Waals surface area contributed by atoms with Crippen LogP contribution in [0.3, 0.4) is 0 Å². The number of methoxy groups -OCH3 is 2. The van der Waals surface area contributed by atoms with Gasteiger partial charge in [-0.25, -0.2) is 8.42 Å². The molecule has 2 unspecified atom stereocenters. The van der Waals surface area contributed by atoms with E-state index in [1.807, 2.05) is 19.1 Å². The molecule has 0 amide bonds. The molecule has 0 saturated carbocycles. The minimum Gasteiger partial charge on any atom is -0.493 e. The number of halogens is 1. The van der Waals surface area contributed by atoms with Crippen molar-refractivity contribution in [2.75, 3.05) is 25.7 Å². The van der Waals surface area contributed by atoms with Gasteiger partial charge in [-0.2, -0.15) is 0 Å². The summed E-state index contributed by atoms with van der Waals surface area (Å²) in [7, 11) is 0.221. The van der Waals surface area contributed by atoms with Crippen LogP contribution >= 0.6 is 11.6 Å². The first kappa shape index (κ1) is 15.4. The van der Waals surface area contributed by atoms with E-state index in [-0.39, 0.29) is 22.8 Å². The van der Waals surface area contributed by atoms with Crippen LogP contribution in [0.2, 0.25) is 0 Å². The summed E-state index contributed by atoms with van der Waals surface area (Å²) in [4.78, 5) is 0. The quantitative estimate of drug-likeness (QED) is 0.801. The summed E-state index contributed by atoms with van der Waals surface area (Å²) in [6, 6.07) is 3.71. The lowest BCUT2D eigenvalue weighted by Gasteiger charge is -2.20. The third-order valence-electron chi connectivity index (χ3n) is 3.75. The Hall–Kier alpha value is -0.940. The van der Waals surface area contributed by atoms with Crippen molar-refractivity contribution < 1.29 is 17.9 Å². The molecule has 0 N–H and O–H groups in total. The molecule has 1 saturated heterocycles. The molecule has 0 radical (unpaired) electrons. The number of hydrogen-bond donors (Lipinski definition) is 0. The second kappa shape index (κ2) is 5.82. The molecule has 2 rings (SSSR count). The molecule has 1 fully saturated rings. The molecule has 20 heavy (non-hydrogen) atoms. The number of rotatable bonds is 4. The van der Waals surface area contributed by atoms with E-state index in [0.717, 1.165) is 11.1 Å². The molecule has 1 aromatic rings. The highest BCUT2D eigenvalue weighted by Crippen LogP contribution is 2.41. The second-order valence-corrected chi connectivity index (χ2v) is 7.83. The first-order valence-electron chi connectivity index (χ1n) is 6.45. The summed E-state index contributed by atoms with van der Waals surface area (Å²) in [6.07, 6.45) is 0.615. The lowest BCUT2D eigenvalue weighted by atomic mass is 9.94. The normalized spacial score (nSPS) is 22.5. The zero-order valence-corrected chi connectivity index (χ0v) is 13.4. The van der Waals surface area contributed by atoms with Crippen LogP contribution in [0.15, 0.2) is 12.1 Å². The smallest absolute Gasteiger partial charge is 0.161 e. The average molecular weight is 319 g/mol. The Labute approximate surface area is 125 Å². The summed E-state index contributed by atoms with van der Waals surface area (Å²) in [5.74, 6) is 1.61. The molecular formula is C14H19ClO4S. The summed E-state index contributed by atoms with van der Waals surface area (Å²) < 4.78 is 33.7. The Balaban J connectivity index is 2.33. The van der Waals surface area contributed by atoms with Gasteiger partial charge in [-0.05, 0) is 42.5 Å². The van der Waals surface area contributed by atoms with E-state index in [9.17, 15) is 8.42 Å². The Bertz CT molecular complexity index is 597. The van der Waals surface area contributed by atoms with Crippen molar-refractivity contribution in [2.24, 2.45) is 5.92 Å². The maximum atomic E-state index is 11.6. The predicted octanol–water partition coefficient (Wildman–Crippen LogP) is 2.73. The van der Waals surface area contributed by atoms with E-state index in [4.69, 9.17) is 21.1 Å². The topological polar surface area (TPSA) is 52.6 Å². The van der Waals surface area contributed by atoms with Crippen LogP contribution in [0.1, 0.15) is 22.9 Å². The highest BCUT2D eigenvalue weighted by molar-refractivity contribution is 7.91. The number of alkyl halides is 1. The van der Waals surface area contributed by atoms with E-state index in [1.165, 1.54) is 0 Å². The van der Waals surface area contributed by atoms with Gasteiger partial charge >= 0.3 is 0 Å². The van der Waals surface area contributed by atoms with Crippen molar-refractivity contribution in [2.45, 2.75) is 18.7 Å². The standard InChI is InChI=1S/C14H19ClO4S/c1-9-6-12(18-2)13(19-3)7-11(9)14(15)10-4-5-20(16,17)8-10/h6-7,10,14H,4-5,8H2,1-3H3. The number of ether oxygens (including phenoxy) is 2. The number of benzene rings is 1. The van der Waals surface area contributed by atoms with Gasteiger partial charge in [-0.3, -0.25) is 0 Å². The second-order valence-electron chi connectivity index (χ2n) is 5.13. The molecule has 1 aliphatic rings. The lowest BCUT2D eigenvalue weighted by Crippen LogP contribution is -2.11. The molecule has 0 bridgehead atoms. The van der Waals surface area contributed by atoms with E-state index in [0.29, 0.717) is 17.9 Å². The van der Waals surface area contributed by atoms with Crippen LogP contribution < -0.4 is 9.47 Å². The van der Waals surface area contributed by atoms with Gasteiger partial charge in [0.2, 0.25) is 0 Å². The highest BCUT2D eigenvalue weighted by atomic mass is 35.5. The van der Waals surface area contributed by atoms with Crippen LogP contribution in [0.4, 0.5) is 0 Å². The van der Waals surface area contributed by atoms with Crippen LogP contribution in [-0.4, -0.2) is 34.1 Å². The van der Waals surface area contributed by atoms with Gasteiger partial charge in [0.1, 0.15) is 0 Å². The van der Waals surface area contributed by atoms with Gasteiger partial charge in [0.25, 0.3) is 0 Å². The van der Waals surface area contributed by atoms with Crippen molar-refractivity contribution in [3.05, 3.63) is 23.3 Å². The van der Waals surface area contributed by atoms with Crippen LogP contribution in [-0.2, 0) is 9.84 Å². The van der Waals surface area contributed by atoms with E-state index < -0.39 is 9.84 Å². The van der Waals surface area contributed by atoms with Crippen molar-refractivity contribution >= 4 is 21.4 Å². The maximum Gasteiger partial charge on any atom is 0.161 e. The number of hydrogen-bond acceptors (Lipinski definition) is 4. The molecule has 0 aliphatic carbocycles. The Morgan fingerprint density at radius 2 is 1.85 bits per heavy atom. The SMILES string of the molecule is COc1cc(C)c(C(Cl)C2CCS(=O)(=O)C2)cc1OC. The number of sulfone groups is 1. The van der Waals surface area contributed by atoms with E-state index in [1.54, 1.807) is 14.2 Å².